The molecule has 0 amide bonds. The Morgan fingerprint density at radius 1 is 1.05 bits per heavy atom. The highest BCUT2D eigenvalue weighted by molar-refractivity contribution is 9.13. The summed E-state index contributed by atoms with van der Waals surface area (Å²) in [7, 11) is 0. The van der Waals surface area contributed by atoms with Crippen molar-refractivity contribution in [2.75, 3.05) is 5.32 Å². The maximum absolute atomic E-state index is 12.8. The second kappa shape index (κ2) is 6.11. The van der Waals surface area contributed by atoms with Crippen molar-refractivity contribution in [3.8, 4) is 0 Å². The van der Waals surface area contributed by atoms with E-state index in [0.717, 1.165) is 10.5 Å². The van der Waals surface area contributed by atoms with E-state index in [2.05, 4.69) is 53.1 Å². The van der Waals surface area contributed by atoms with Gasteiger partial charge in [0, 0.05) is 10.2 Å². The van der Waals surface area contributed by atoms with Crippen LogP contribution in [-0.4, -0.2) is 0 Å². The van der Waals surface area contributed by atoms with Gasteiger partial charge < -0.3 is 9.73 Å². The minimum absolute atomic E-state index is 0.0130. The molecule has 0 atom stereocenters. The average molecular weight is 478 g/mol. The van der Waals surface area contributed by atoms with Crippen LogP contribution >= 0.6 is 47.8 Å². The van der Waals surface area contributed by atoms with Crippen LogP contribution in [0.15, 0.2) is 42.3 Å². The molecular weight excluding hydrogens is 471 g/mol. The van der Waals surface area contributed by atoms with E-state index in [0.29, 0.717) is 16.1 Å². The maximum atomic E-state index is 12.8. The van der Waals surface area contributed by atoms with Crippen molar-refractivity contribution in [2.24, 2.45) is 0 Å². The fourth-order valence-corrected chi connectivity index (χ4v) is 2.65. The molecule has 0 saturated carbocycles. The van der Waals surface area contributed by atoms with Crippen LogP contribution in [0.2, 0.25) is 0 Å². The van der Waals surface area contributed by atoms with E-state index in [9.17, 15) is 13.2 Å². The van der Waals surface area contributed by atoms with Crippen LogP contribution in [0.4, 0.5) is 18.9 Å². The van der Waals surface area contributed by atoms with E-state index >= 15 is 0 Å². The molecular formula is C12H7Br3F3NO. The fraction of sp³-hybridized carbons (Fsp3) is 0.167. The summed E-state index contributed by atoms with van der Waals surface area (Å²) in [4.78, 5) is 0. The number of alkyl halides is 3. The van der Waals surface area contributed by atoms with Crippen molar-refractivity contribution < 1.29 is 17.6 Å². The van der Waals surface area contributed by atoms with Gasteiger partial charge in [-0.2, -0.15) is 13.2 Å². The molecule has 1 N–H and O–H groups in total. The van der Waals surface area contributed by atoms with Crippen LogP contribution in [0.3, 0.4) is 0 Å². The second-order valence-corrected chi connectivity index (χ2v) is 6.31. The number of nitrogens with one attached hydrogen (secondary N) is 1. The van der Waals surface area contributed by atoms with Crippen LogP contribution in [0.1, 0.15) is 11.3 Å². The Morgan fingerprint density at radius 3 is 2.30 bits per heavy atom. The van der Waals surface area contributed by atoms with Crippen molar-refractivity contribution in [1.29, 1.82) is 0 Å². The van der Waals surface area contributed by atoms with Crippen molar-refractivity contribution in [3.05, 3.63) is 49.2 Å². The Kier molecular flexibility index (Phi) is 4.86. The highest BCUT2D eigenvalue weighted by Gasteiger charge is 2.33. The predicted octanol–water partition coefficient (Wildman–Crippen LogP) is 6.20. The number of furan rings is 1. The van der Waals surface area contributed by atoms with E-state index in [1.54, 1.807) is 12.1 Å². The number of anilines is 1. The van der Waals surface area contributed by atoms with Gasteiger partial charge in [-0.25, -0.2) is 0 Å². The van der Waals surface area contributed by atoms with Crippen molar-refractivity contribution in [3.63, 3.8) is 0 Å². The molecule has 8 heteroatoms. The van der Waals surface area contributed by atoms with E-state index in [-0.39, 0.29) is 11.0 Å². The molecule has 0 unspecified atom stereocenters. The lowest BCUT2D eigenvalue weighted by atomic mass is 10.2. The first-order chi connectivity index (χ1) is 9.27. The largest absolute Gasteiger partial charge is 0.451 e. The van der Waals surface area contributed by atoms with Crippen LogP contribution in [0, 0.1) is 0 Å². The molecule has 0 bridgehead atoms. The third kappa shape index (κ3) is 3.79. The maximum Gasteiger partial charge on any atom is 0.417 e. The summed E-state index contributed by atoms with van der Waals surface area (Å²) in [6, 6.07) is 5.71. The first-order valence-electron chi connectivity index (χ1n) is 5.31. The van der Waals surface area contributed by atoms with Crippen LogP contribution in [0.5, 0.6) is 0 Å². The Hall–Kier alpha value is -0.470. The van der Waals surface area contributed by atoms with Crippen molar-refractivity contribution in [1.82, 2.24) is 0 Å². The third-order valence-corrected chi connectivity index (χ3v) is 4.84. The zero-order chi connectivity index (χ0) is 14.9. The Bertz CT molecular complexity index is 605. The second-order valence-electron chi connectivity index (χ2n) is 3.88. The first-order valence-corrected chi connectivity index (χ1v) is 7.69. The molecule has 1 aromatic heterocycles. The standard InChI is InChI=1S/C12H7Br3F3NO/c13-9-2-1-6(3-8(9)12(16,17)18)19-5-7-4-10(14)11(15)20-7/h1-4,19H,5H2. The lowest BCUT2D eigenvalue weighted by Crippen LogP contribution is -2.07. The number of halogens is 6. The Balaban J connectivity index is 2.14. The van der Waals surface area contributed by atoms with Crippen molar-refractivity contribution in [2.45, 2.75) is 12.7 Å². The van der Waals surface area contributed by atoms with Gasteiger partial charge in [0.15, 0.2) is 4.67 Å². The normalized spacial score (nSPS) is 11.7. The van der Waals surface area contributed by atoms with Gasteiger partial charge in [-0.3, -0.25) is 0 Å². The smallest absolute Gasteiger partial charge is 0.417 e. The fourth-order valence-electron chi connectivity index (χ4n) is 1.52. The van der Waals surface area contributed by atoms with Gasteiger partial charge in [0.25, 0.3) is 0 Å². The number of benzene rings is 1. The van der Waals surface area contributed by atoms with Gasteiger partial charge in [0.1, 0.15) is 5.76 Å². The molecule has 2 rings (SSSR count). The van der Waals surface area contributed by atoms with Crippen LogP contribution in [0.25, 0.3) is 0 Å². The molecule has 2 aromatic rings. The molecule has 0 saturated heterocycles. The SMILES string of the molecule is FC(F)(F)c1cc(NCc2cc(Br)c(Br)o2)ccc1Br. The minimum atomic E-state index is -4.40. The zero-order valence-electron chi connectivity index (χ0n) is 9.69. The monoisotopic (exact) mass is 475 g/mol. The Labute approximate surface area is 138 Å². The van der Waals surface area contributed by atoms with E-state index in [1.165, 1.54) is 6.07 Å². The summed E-state index contributed by atoms with van der Waals surface area (Å²) in [6.07, 6.45) is -4.40. The molecule has 0 aliphatic heterocycles. The molecule has 1 aromatic carbocycles. The molecule has 2 nitrogen and oxygen atoms in total. The zero-order valence-corrected chi connectivity index (χ0v) is 14.5. The van der Waals surface area contributed by atoms with Gasteiger partial charge in [-0.05, 0) is 56.1 Å². The number of hydrogen-bond donors (Lipinski definition) is 1. The topological polar surface area (TPSA) is 25.2 Å². The summed E-state index contributed by atoms with van der Waals surface area (Å²) < 4.78 is 44.9. The lowest BCUT2D eigenvalue weighted by molar-refractivity contribution is -0.138. The molecule has 0 aliphatic carbocycles. The summed E-state index contributed by atoms with van der Waals surface area (Å²) in [5.41, 5.74) is -0.353. The predicted molar refractivity (Wildman–Crippen MR) is 80.6 cm³/mol. The summed E-state index contributed by atoms with van der Waals surface area (Å²) in [5.74, 6) is 0.597. The van der Waals surface area contributed by atoms with Gasteiger partial charge in [0.05, 0.1) is 16.6 Å². The molecule has 0 fully saturated rings. The van der Waals surface area contributed by atoms with Gasteiger partial charge in [-0.15, -0.1) is 0 Å². The third-order valence-electron chi connectivity index (χ3n) is 2.43. The quantitative estimate of drug-likeness (QED) is 0.569. The van der Waals surface area contributed by atoms with Crippen LogP contribution in [-0.2, 0) is 12.7 Å². The first kappa shape index (κ1) is 15.9. The molecule has 1 heterocycles. The number of hydrogen-bond acceptors (Lipinski definition) is 2. The summed E-state index contributed by atoms with van der Waals surface area (Å²) in [6.45, 7) is 0.281. The Morgan fingerprint density at radius 2 is 1.75 bits per heavy atom. The lowest BCUT2D eigenvalue weighted by Gasteiger charge is -2.12. The molecule has 20 heavy (non-hydrogen) atoms. The highest BCUT2D eigenvalue weighted by Crippen LogP contribution is 2.36. The van der Waals surface area contributed by atoms with Crippen LogP contribution < -0.4 is 5.32 Å². The van der Waals surface area contributed by atoms with Crippen molar-refractivity contribution >= 4 is 53.5 Å². The van der Waals surface area contributed by atoms with Gasteiger partial charge in [-0.1, -0.05) is 15.9 Å². The average Bonchev–Trinajstić information content (AvgIpc) is 2.66. The molecule has 0 spiro atoms. The highest BCUT2D eigenvalue weighted by atomic mass is 79.9. The summed E-state index contributed by atoms with van der Waals surface area (Å²) >= 11 is 9.36. The summed E-state index contributed by atoms with van der Waals surface area (Å²) in [5, 5.41) is 2.88. The molecule has 0 aliphatic rings. The van der Waals surface area contributed by atoms with Gasteiger partial charge >= 0.3 is 6.18 Å². The minimum Gasteiger partial charge on any atom is -0.451 e. The van der Waals surface area contributed by atoms with Gasteiger partial charge in [0.2, 0.25) is 0 Å². The van der Waals surface area contributed by atoms with E-state index in [1.807, 2.05) is 0 Å². The van der Waals surface area contributed by atoms with E-state index in [4.69, 9.17) is 4.42 Å². The molecule has 108 valence electrons. The molecule has 0 radical (unpaired) electrons. The van der Waals surface area contributed by atoms with E-state index < -0.39 is 11.7 Å². The number of rotatable bonds is 3.